The summed E-state index contributed by atoms with van der Waals surface area (Å²) in [6, 6.07) is 11.1. The summed E-state index contributed by atoms with van der Waals surface area (Å²) < 4.78 is 1.15. The summed E-state index contributed by atoms with van der Waals surface area (Å²) >= 11 is 5.31. The molecule has 1 aromatic carbocycles. The van der Waals surface area contributed by atoms with Gasteiger partial charge in [-0.05, 0) is 59.0 Å². The molecule has 0 aliphatic carbocycles. The molecule has 1 nitrogen and oxygen atoms in total. The third-order valence-electron chi connectivity index (χ3n) is 3.75. The lowest BCUT2D eigenvalue weighted by atomic mass is 9.78. The van der Waals surface area contributed by atoms with Crippen molar-refractivity contribution in [1.82, 2.24) is 5.32 Å². The van der Waals surface area contributed by atoms with Gasteiger partial charge in [-0.25, -0.2) is 0 Å². The Morgan fingerprint density at radius 1 is 1.06 bits per heavy atom. The molecule has 0 spiro atoms. The highest BCUT2D eigenvalue weighted by Gasteiger charge is 2.27. The van der Waals surface area contributed by atoms with Gasteiger partial charge in [0.15, 0.2) is 0 Å². The van der Waals surface area contributed by atoms with Crippen LogP contribution in [0, 0.1) is 0 Å². The lowest BCUT2D eigenvalue weighted by molar-refractivity contribution is 0.405. The molecular weight excluding hydrogens is 306 g/mol. The second-order valence-electron chi connectivity index (χ2n) is 4.81. The van der Waals surface area contributed by atoms with Crippen LogP contribution in [0.2, 0.25) is 0 Å². The summed E-state index contributed by atoms with van der Waals surface area (Å²) in [5.74, 6) is 1.26. The van der Waals surface area contributed by atoms with Gasteiger partial charge in [0.05, 0.1) is 0 Å². The molecule has 2 unspecified atom stereocenters. The Bertz CT molecular complexity index is 492. The monoisotopic (exact) mass is 321 g/mol. The van der Waals surface area contributed by atoms with Crippen molar-refractivity contribution in [2.75, 3.05) is 13.1 Å². The third kappa shape index (κ3) is 2.53. The molecule has 1 saturated heterocycles. The van der Waals surface area contributed by atoms with E-state index in [1.165, 1.54) is 17.5 Å². The van der Waals surface area contributed by atoms with Gasteiger partial charge in [0, 0.05) is 16.9 Å². The van der Waals surface area contributed by atoms with Crippen molar-refractivity contribution >= 4 is 27.3 Å². The molecule has 1 aliphatic heterocycles. The summed E-state index contributed by atoms with van der Waals surface area (Å²) in [7, 11) is 0. The maximum atomic E-state index is 3.53. The predicted octanol–water partition coefficient (Wildman–Crippen LogP) is 4.37. The summed E-state index contributed by atoms with van der Waals surface area (Å²) in [4.78, 5) is 0. The van der Waals surface area contributed by atoms with Crippen LogP contribution in [0.4, 0.5) is 0 Å². The Labute approximate surface area is 120 Å². The van der Waals surface area contributed by atoms with Gasteiger partial charge in [-0.1, -0.05) is 28.1 Å². The zero-order valence-corrected chi connectivity index (χ0v) is 12.5. The number of hydrogen-bond acceptors (Lipinski definition) is 2. The van der Waals surface area contributed by atoms with Crippen molar-refractivity contribution in [2.24, 2.45) is 0 Å². The van der Waals surface area contributed by atoms with Crippen LogP contribution in [-0.4, -0.2) is 13.1 Å². The average Bonchev–Trinajstić information content (AvgIpc) is 2.93. The van der Waals surface area contributed by atoms with Gasteiger partial charge < -0.3 is 5.32 Å². The van der Waals surface area contributed by atoms with E-state index in [2.05, 4.69) is 62.3 Å². The molecule has 94 valence electrons. The molecule has 0 saturated carbocycles. The Balaban J connectivity index is 1.90. The van der Waals surface area contributed by atoms with Crippen molar-refractivity contribution in [2.45, 2.75) is 18.3 Å². The van der Waals surface area contributed by atoms with Crippen molar-refractivity contribution in [3.63, 3.8) is 0 Å². The van der Waals surface area contributed by atoms with Gasteiger partial charge >= 0.3 is 0 Å². The standard InChI is InChI=1S/C15H16BrNS/c16-13-3-1-11(2-4-13)15-9-17-7-5-14(15)12-6-8-18-10-12/h1-4,6,8,10,14-15,17H,5,7,9H2. The van der Waals surface area contributed by atoms with Gasteiger partial charge in [-0.2, -0.15) is 11.3 Å². The van der Waals surface area contributed by atoms with E-state index in [1.807, 2.05) is 0 Å². The highest BCUT2D eigenvalue weighted by atomic mass is 79.9. The van der Waals surface area contributed by atoms with E-state index in [9.17, 15) is 0 Å². The molecule has 2 heterocycles. The molecule has 18 heavy (non-hydrogen) atoms. The van der Waals surface area contributed by atoms with Gasteiger partial charge in [0.1, 0.15) is 0 Å². The van der Waals surface area contributed by atoms with Crippen LogP contribution >= 0.6 is 27.3 Å². The molecule has 1 N–H and O–H groups in total. The van der Waals surface area contributed by atoms with Crippen LogP contribution in [0.5, 0.6) is 0 Å². The SMILES string of the molecule is Brc1ccc(C2CNCCC2c2ccsc2)cc1. The molecule has 3 rings (SSSR count). The van der Waals surface area contributed by atoms with E-state index in [-0.39, 0.29) is 0 Å². The summed E-state index contributed by atoms with van der Waals surface area (Å²) in [6.45, 7) is 2.22. The first-order valence-electron chi connectivity index (χ1n) is 6.33. The Kier molecular flexibility index (Phi) is 3.83. The number of halogens is 1. The Hall–Kier alpha value is -0.640. The second-order valence-corrected chi connectivity index (χ2v) is 6.51. The van der Waals surface area contributed by atoms with E-state index >= 15 is 0 Å². The van der Waals surface area contributed by atoms with Crippen LogP contribution in [0.3, 0.4) is 0 Å². The number of hydrogen-bond donors (Lipinski definition) is 1. The minimum Gasteiger partial charge on any atom is -0.316 e. The van der Waals surface area contributed by atoms with Gasteiger partial charge in [-0.15, -0.1) is 0 Å². The molecule has 0 amide bonds. The molecule has 2 atom stereocenters. The highest BCUT2D eigenvalue weighted by Crippen LogP contribution is 2.38. The minimum atomic E-state index is 0.599. The normalized spacial score (nSPS) is 24.1. The first-order chi connectivity index (χ1) is 8.84. The molecule has 2 aromatic rings. The zero-order valence-electron chi connectivity index (χ0n) is 10.1. The van der Waals surface area contributed by atoms with Crippen LogP contribution in [0.25, 0.3) is 0 Å². The van der Waals surface area contributed by atoms with Crippen LogP contribution in [0.1, 0.15) is 29.4 Å². The summed E-state index contributed by atoms with van der Waals surface area (Å²) in [6.07, 6.45) is 1.23. The number of nitrogens with one attached hydrogen (secondary N) is 1. The molecule has 3 heteroatoms. The van der Waals surface area contributed by atoms with Crippen molar-refractivity contribution in [1.29, 1.82) is 0 Å². The van der Waals surface area contributed by atoms with Crippen molar-refractivity contribution < 1.29 is 0 Å². The van der Waals surface area contributed by atoms with Crippen molar-refractivity contribution in [3.05, 3.63) is 56.7 Å². The third-order valence-corrected chi connectivity index (χ3v) is 4.98. The van der Waals surface area contributed by atoms with E-state index < -0.39 is 0 Å². The zero-order chi connectivity index (χ0) is 12.4. The average molecular weight is 322 g/mol. The smallest absolute Gasteiger partial charge is 0.0175 e. The van der Waals surface area contributed by atoms with E-state index in [1.54, 1.807) is 11.3 Å². The number of piperidine rings is 1. The fourth-order valence-electron chi connectivity index (χ4n) is 2.80. The van der Waals surface area contributed by atoms with E-state index in [4.69, 9.17) is 0 Å². The molecule has 1 aromatic heterocycles. The maximum absolute atomic E-state index is 3.53. The lowest BCUT2D eigenvalue weighted by Gasteiger charge is -2.32. The molecular formula is C15H16BrNS. The largest absolute Gasteiger partial charge is 0.316 e. The predicted molar refractivity (Wildman–Crippen MR) is 81.4 cm³/mol. The molecule has 1 aliphatic rings. The number of thiophene rings is 1. The van der Waals surface area contributed by atoms with E-state index in [0.29, 0.717) is 11.8 Å². The van der Waals surface area contributed by atoms with Gasteiger partial charge in [0.25, 0.3) is 0 Å². The fourth-order valence-corrected chi connectivity index (χ4v) is 3.79. The Morgan fingerprint density at radius 2 is 1.89 bits per heavy atom. The number of benzene rings is 1. The lowest BCUT2D eigenvalue weighted by Crippen LogP contribution is -2.33. The molecule has 1 fully saturated rings. The topological polar surface area (TPSA) is 12.0 Å². The van der Waals surface area contributed by atoms with Gasteiger partial charge in [0.2, 0.25) is 0 Å². The summed E-state index contributed by atoms with van der Waals surface area (Å²) in [5.41, 5.74) is 2.95. The van der Waals surface area contributed by atoms with Crippen LogP contribution in [0.15, 0.2) is 45.6 Å². The van der Waals surface area contributed by atoms with E-state index in [0.717, 1.165) is 17.6 Å². The van der Waals surface area contributed by atoms with Crippen LogP contribution in [-0.2, 0) is 0 Å². The molecule has 0 radical (unpaired) electrons. The first kappa shape index (κ1) is 12.4. The number of rotatable bonds is 2. The summed E-state index contributed by atoms with van der Waals surface area (Å²) in [5, 5.41) is 8.03. The Morgan fingerprint density at radius 3 is 2.61 bits per heavy atom. The second kappa shape index (κ2) is 5.55. The van der Waals surface area contributed by atoms with Crippen LogP contribution < -0.4 is 5.32 Å². The maximum Gasteiger partial charge on any atom is 0.0175 e. The fraction of sp³-hybridized carbons (Fsp3) is 0.333. The van der Waals surface area contributed by atoms with Gasteiger partial charge in [-0.3, -0.25) is 0 Å². The first-order valence-corrected chi connectivity index (χ1v) is 8.06. The van der Waals surface area contributed by atoms with Crippen molar-refractivity contribution in [3.8, 4) is 0 Å². The quantitative estimate of drug-likeness (QED) is 0.866. The molecule has 0 bridgehead atoms. The minimum absolute atomic E-state index is 0.599. The highest BCUT2D eigenvalue weighted by molar-refractivity contribution is 9.10.